The number of anilines is 1. The Bertz CT molecular complexity index is 1190. The van der Waals surface area contributed by atoms with Crippen LogP contribution >= 0.6 is 0 Å². The van der Waals surface area contributed by atoms with Crippen molar-refractivity contribution in [1.82, 2.24) is 4.90 Å². The molecule has 3 rings (SSSR count). The van der Waals surface area contributed by atoms with Crippen LogP contribution in [0.15, 0.2) is 41.3 Å². The zero-order chi connectivity index (χ0) is 25.6. The number of likely N-dealkylation sites (N-methyl/N-ethyl adjacent to an activating group) is 1. The van der Waals surface area contributed by atoms with E-state index in [0.717, 1.165) is 31.3 Å². The Labute approximate surface area is 205 Å². The Kier molecular flexibility index (Phi) is 8.87. The predicted molar refractivity (Wildman–Crippen MR) is 132 cm³/mol. The number of sulfonamides is 1. The summed E-state index contributed by atoms with van der Waals surface area (Å²) in [5, 5.41) is 19.2. The number of carbonyl (C=O) groups is 1. The molecule has 0 spiro atoms. The highest BCUT2D eigenvalue weighted by Crippen LogP contribution is 2.41. The number of hydrogen-bond donors (Lipinski definition) is 3. The van der Waals surface area contributed by atoms with Crippen LogP contribution in [0.1, 0.15) is 54.1 Å². The molecular formula is C25H31FN2O6S. The first kappa shape index (κ1) is 26.7. The lowest BCUT2D eigenvalue weighted by atomic mass is 9.88. The second kappa shape index (κ2) is 11.7. The monoisotopic (exact) mass is 506 g/mol. The molecule has 0 fully saturated rings. The minimum atomic E-state index is -4.27. The fourth-order valence-corrected chi connectivity index (χ4v) is 5.45. The fraction of sp³-hybridized carbons (Fsp3) is 0.400. The van der Waals surface area contributed by atoms with Crippen molar-refractivity contribution in [3.05, 3.63) is 58.9 Å². The topological polar surface area (TPSA) is 116 Å². The van der Waals surface area contributed by atoms with Crippen LogP contribution in [0.25, 0.3) is 6.08 Å². The highest BCUT2D eigenvalue weighted by molar-refractivity contribution is 7.92. The molecule has 8 nitrogen and oxygen atoms in total. The number of aliphatic hydroxyl groups excluding tert-OH is 1. The van der Waals surface area contributed by atoms with Gasteiger partial charge in [-0.2, -0.15) is 0 Å². The van der Waals surface area contributed by atoms with Crippen LogP contribution in [0.3, 0.4) is 0 Å². The standard InChI is InChI=1S/C25H31FN2O6S/c1-3-28(4-2)13-5-6-18-16-19(26)7-10-22(18)35(32,33)27-21-9-8-20-17(11-14-29)12-15-34-24(20)23(21)25(30)31/h5-10,16-17,27,29H,3-4,11-15H2,1-2H3,(H,30,31). The van der Waals surface area contributed by atoms with Gasteiger partial charge in [0.05, 0.1) is 17.2 Å². The number of nitrogens with zero attached hydrogens (tertiary/aromatic N) is 1. The van der Waals surface area contributed by atoms with Gasteiger partial charge in [-0.3, -0.25) is 4.72 Å². The molecule has 2 aromatic carbocycles. The molecule has 10 heteroatoms. The molecule has 0 saturated heterocycles. The van der Waals surface area contributed by atoms with Gasteiger partial charge < -0.3 is 19.8 Å². The van der Waals surface area contributed by atoms with Crippen LogP contribution in [0, 0.1) is 5.82 Å². The summed E-state index contributed by atoms with van der Waals surface area (Å²) in [5.41, 5.74) is 0.323. The number of fused-ring (bicyclic) bond motifs is 1. The number of ether oxygens (including phenoxy) is 1. The maximum atomic E-state index is 14.0. The number of aliphatic hydroxyl groups is 1. The van der Waals surface area contributed by atoms with E-state index in [1.807, 2.05) is 13.8 Å². The van der Waals surface area contributed by atoms with Crippen molar-refractivity contribution in [1.29, 1.82) is 0 Å². The van der Waals surface area contributed by atoms with Crippen LogP contribution in [-0.2, 0) is 10.0 Å². The summed E-state index contributed by atoms with van der Waals surface area (Å²) >= 11 is 0. The number of aromatic carboxylic acids is 1. The number of halogens is 1. The molecule has 1 aliphatic rings. The molecular weight excluding hydrogens is 475 g/mol. The van der Waals surface area contributed by atoms with Crippen LogP contribution < -0.4 is 9.46 Å². The number of benzene rings is 2. The first-order valence-electron chi connectivity index (χ1n) is 11.6. The van der Waals surface area contributed by atoms with Gasteiger partial charge in [0.1, 0.15) is 17.1 Å². The van der Waals surface area contributed by atoms with Gasteiger partial charge in [0.15, 0.2) is 0 Å². The second-order valence-electron chi connectivity index (χ2n) is 8.23. The van der Waals surface area contributed by atoms with Crippen molar-refractivity contribution in [2.75, 3.05) is 37.6 Å². The number of hydrogen-bond acceptors (Lipinski definition) is 6. The highest BCUT2D eigenvalue weighted by atomic mass is 32.2. The zero-order valence-corrected chi connectivity index (χ0v) is 20.6. The summed E-state index contributed by atoms with van der Waals surface area (Å²) in [4.78, 5) is 14.1. The molecule has 1 atom stereocenters. The minimum Gasteiger partial charge on any atom is -0.492 e. The van der Waals surface area contributed by atoms with Crippen molar-refractivity contribution >= 4 is 27.8 Å². The van der Waals surface area contributed by atoms with Crippen molar-refractivity contribution < 1.29 is 32.6 Å². The summed E-state index contributed by atoms with van der Waals surface area (Å²) in [6.45, 7) is 6.41. The van der Waals surface area contributed by atoms with E-state index in [-0.39, 0.29) is 46.6 Å². The summed E-state index contributed by atoms with van der Waals surface area (Å²) in [6, 6.07) is 6.33. The highest BCUT2D eigenvalue weighted by Gasteiger charge is 2.30. The smallest absolute Gasteiger partial charge is 0.341 e. The largest absolute Gasteiger partial charge is 0.492 e. The average molecular weight is 507 g/mol. The van der Waals surface area contributed by atoms with Crippen LogP contribution in [-0.4, -0.2) is 62.3 Å². The minimum absolute atomic E-state index is 0.0595. The Morgan fingerprint density at radius 2 is 2.00 bits per heavy atom. The SMILES string of the molecule is CCN(CC)CC=Cc1cc(F)ccc1S(=O)(=O)Nc1ccc2c(c1C(=O)O)OCCC2CCO. The molecule has 0 amide bonds. The Morgan fingerprint density at radius 3 is 2.66 bits per heavy atom. The number of carboxylic acid groups (broad SMARTS) is 1. The van der Waals surface area contributed by atoms with Gasteiger partial charge in [-0.25, -0.2) is 17.6 Å². The average Bonchev–Trinajstić information content (AvgIpc) is 2.81. The molecule has 35 heavy (non-hydrogen) atoms. The fourth-order valence-electron chi connectivity index (χ4n) is 4.19. The van der Waals surface area contributed by atoms with E-state index in [4.69, 9.17) is 4.74 Å². The third kappa shape index (κ3) is 6.19. The van der Waals surface area contributed by atoms with E-state index in [1.165, 1.54) is 6.07 Å². The molecule has 1 aliphatic heterocycles. The Balaban J connectivity index is 1.99. The van der Waals surface area contributed by atoms with Crippen molar-refractivity contribution in [3.8, 4) is 5.75 Å². The summed E-state index contributed by atoms with van der Waals surface area (Å²) in [6.07, 6.45) is 4.37. The maximum Gasteiger partial charge on any atom is 0.341 e. The van der Waals surface area contributed by atoms with E-state index in [1.54, 1.807) is 18.2 Å². The molecule has 1 heterocycles. The molecule has 2 aromatic rings. The van der Waals surface area contributed by atoms with Gasteiger partial charge in [0.2, 0.25) is 0 Å². The molecule has 1 unspecified atom stereocenters. The molecule has 0 aliphatic carbocycles. The lowest BCUT2D eigenvalue weighted by molar-refractivity contribution is 0.0692. The van der Waals surface area contributed by atoms with Gasteiger partial charge in [-0.05, 0) is 67.2 Å². The van der Waals surface area contributed by atoms with Crippen LogP contribution in [0.4, 0.5) is 10.1 Å². The lowest BCUT2D eigenvalue weighted by Crippen LogP contribution is -2.22. The van der Waals surface area contributed by atoms with Crippen LogP contribution in [0.5, 0.6) is 5.75 Å². The molecule has 0 aromatic heterocycles. The maximum absolute atomic E-state index is 14.0. The van der Waals surface area contributed by atoms with E-state index in [2.05, 4.69) is 9.62 Å². The van der Waals surface area contributed by atoms with Crippen LogP contribution in [0.2, 0.25) is 0 Å². The zero-order valence-electron chi connectivity index (χ0n) is 19.8. The van der Waals surface area contributed by atoms with Gasteiger partial charge in [0.25, 0.3) is 10.0 Å². The molecule has 0 saturated carbocycles. The number of rotatable bonds is 11. The lowest BCUT2D eigenvalue weighted by Gasteiger charge is -2.27. The quantitative estimate of drug-likeness (QED) is 0.423. The number of carboxylic acids is 1. The summed E-state index contributed by atoms with van der Waals surface area (Å²) in [7, 11) is -4.27. The third-order valence-electron chi connectivity index (χ3n) is 6.09. The van der Waals surface area contributed by atoms with Gasteiger partial charge >= 0.3 is 5.97 Å². The summed E-state index contributed by atoms with van der Waals surface area (Å²) in [5.74, 6) is -1.93. The van der Waals surface area contributed by atoms with E-state index in [0.29, 0.717) is 24.9 Å². The van der Waals surface area contributed by atoms with Crippen molar-refractivity contribution in [2.24, 2.45) is 0 Å². The first-order chi connectivity index (χ1) is 16.7. The Hall–Kier alpha value is -2.95. The second-order valence-corrected chi connectivity index (χ2v) is 9.88. The van der Waals surface area contributed by atoms with E-state index >= 15 is 0 Å². The normalized spacial score (nSPS) is 15.7. The van der Waals surface area contributed by atoms with E-state index < -0.39 is 21.8 Å². The van der Waals surface area contributed by atoms with E-state index in [9.17, 15) is 27.8 Å². The van der Waals surface area contributed by atoms with Gasteiger partial charge in [-0.15, -0.1) is 0 Å². The number of nitrogens with one attached hydrogen (secondary N) is 1. The summed E-state index contributed by atoms with van der Waals surface area (Å²) < 4.78 is 48.6. The third-order valence-corrected chi connectivity index (χ3v) is 7.53. The predicted octanol–water partition coefficient (Wildman–Crippen LogP) is 3.93. The molecule has 190 valence electrons. The van der Waals surface area contributed by atoms with Crippen molar-refractivity contribution in [3.63, 3.8) is 0 Å². The Morgan fingerprint density at radius 1 is 1.26 bits per heavy atom. The molecule has 3 N–H and O–H groups in total. The molecule has 0 radical (unpaired) electrons. The van der Waals surface area contributed by atoms with Gasteiger partial charge in [-0.1, -0.05) is 32.1 Å². The first-order valence-corrected chi connectivity index (χ1v) is 13.0. The van der Waals surface area contributed by atoms with Crippen molar-refractivity contribution in [2.45, 2.75) is 37.5 Å². The van der Waals surface area contributed by atoms with Gasteiger partial charge in [0, 0.05) is 13.2 Å². The molecule has 0 bridgehead atoms.